The van der Waals surface area contributed by atoms with E-state index < -0.39 is 0 Å². The van der Waals surface area contributed by atoms with Crippen LogP contribution in [0.5, 0.6) is 0 Å². The van der Waals surface area contributed by atoms with E-state index in [0.717, 1.165) is 29.8 Å². The molecule has 18 heavy (non-hydrogen) atoms. The number of nitrogens with one attached hydrogen (secondary N) is 2. The van der Waals surface area contributed by atoms with E-state index in [9.17, 15) is 4.79 Å². The lowest BCUT2D eigenvalue weighted by atomic mass is 10.0. The van der Waals surface area contributed by atoms with Gasteiger partial charge in [0.1, 0.15) is 0 Å². The molecule has 1 aromatic carbocycles. The Bertz CT molecular complexity index is 425. The molecular formula is C15H22N2O. The van der Waals surface area contributed by atoms with E-state index in [1.165, 1.54) is 12.0 Å². The molecule has 1 heterocycles. The SMILES string of the molecule is Cc1cc(C)c(NC(=O)CC2CCCN2)c(C)c1. The summed E-state index contributed by atoms with van der Waals surface area (Å²) in [6.07, 6.45) is 2.87. The number of rotatable bonds is 3. The Kier molecular flexibility index (Phi) is 4.02. The molecule has 1 aromatic rings. The average molecular weight is 246 g/mol. The van der Waals surface area contributed by atoms with Gasteiger partial charge in [-0.3, -0.25) is 4.79 Å². The fraction of sp³-hybridized carbons (Fsp3) is 0.533. The van der Waals surface area contributed by atoms with E-state index in [1.807, 2.05) is 13.8 Å². The molecule has 0 aromatic heterocycles. The van der Waals surface area contributed by atoms with Crippen LogP contribution in [0.1, 0.15) is 36.0 Å². The normalized spacial score (nSPS) is 18.9. The minimum atomic E-state index is 0.115. The molecule has 98 valence electrons. The minimum Gasteiger partial charge on any atom is -0.326 e. The molecule has 1 fully saturated rings. The summed E-state index contributed by atoms with van der Waals surface area (Å²) in [5, 5.41) is 6.40. The standard InChI is InChI=1S/C15H22N2O/c1-10-7-11(2)15(12(3)8-10)17-14(18)9-13-5-4-6-16-13/h7-8,13,16H,4-6,9H2,1-3H3,(H,17,18). The van der Waals surface area contributed by atoms with Gasteiger partial charge in [-0.15, -0.1) is 0 Å². The fourth-order valence-corrected chi connectivity index (χ4v) is 2.72. The number of anilines is 1. The number of benzene rings is 1. The van der Waals surface area contributed by atoms with Crippen LogP contribution in [0.3, 0.4) is 0 Å². The number of hydrogen-bond acceptors (Lipinski definition) is 2. The summed E-state index contributed by atoms with van der Waals surface area (Å²) < 4.78 is 0. The van der Waals surface area contributed by atoms with Crippen LogP contribution in [-0.4, -0.2) is 18.5 Å². The van der Waals surface area contributed by atoms with Gasteiger partial charge in [0, 0.05) is 18.2 Å². The van der Waals surface area contributed by atoms with Crippen molar-refractivity contribution in [3.05, 3.63) is 28.8 Å². The van der Waals surface area contributed by atoms with Crippen LogP contribution in [0.25, 0.3) is 0 Å². The maximum absolute atomic E-state index is 12.0. The van der Waals surface area contributed by atoms with Crippen LogP contribution in [-0.2, 0) is 4.79 Å². The molecule has 2 N–H and O–H groups in total. The summed E-state index contributed by atoms with van der Waals surface area (Å²) in [4.78, 5) is 12.0. The summed E-state index contributed by atoms with van der Waals surface area (Å²) in [6, 6.07) is 4.57. The van der Waals surface area contributed by atoms with Crippen molar-refractivity contribution in [2.24, 2.45) is 0 Å². The summed E-state index contributed by atoms with van der Waals surface area (Å²) >= 11 is 0. The fourth-order valence-electron chi connectivity index (χ4n) is 2.72. The summed E-state index contributed by atoms with van der Waals surface area (Å²) in [7, 11) is 0. The topological polar surface area (TPSA) is 41.1 Å². The molecule has 1 aliphatic heterocycles. The lowest BCUT2D eigenvalue weighted by Crippen LogP contribution is -2.27. The predicted octanol–water partition coefficient (Wildman–Crippen LogP) is 2.69. The Labute approximate surface area is 109 Å². The molecule has 1 aliphatic rings. The molecule has 0 spiro atoms. The van der Waals surface area contributed by atoms with Crippen molar-refractivity contribution < 1.29 is 4.79 Å². The third kappa shape index (κ3) is 3.10. The zero-order chi connectivity index (χ0) is 13.1. The first-order valence-corrected chi connectivity index (χ1v) is 6.67. The predicted molar refractivity (Wildman–Crippen MR) is 74.9 cm³/mol. The zero-order valence-electron chi connectivity index (χ0n) is 11.5. The largest absolute Gasteiger partial charge is 0.326 e. The first-order valence-electron chi connectivity index (χ1n) is 6.67. The van der Waals surface area contributed by atoms with Gasteiger partial charge < -0.3 is 10.6 Å². The molecule has 0 bridgehead atoms. The van der Waals surface area contributed by atoms with Crippen molar-refractivity contribution in [2.75, 3.05) is 11.9 Å². The zero-order valence-corrected chi connectivity index (χ0v) is 11.5. The van der Waals surface area contributed by atoms with Crippen LogP contribution < -0.4 is 10.6 Å². The summed E-state index contributed by atoms with van der Waals surface area (Å²) in [6.45, 7) is 7.21. The van der Waals surface area contributed by atoms with Gasteiger partial charge in [-0.1, -0.05) is 17.7 Å². The Hall–Kier alpha value is -1.35. The van der Waals surface area contributed by atoms with Crippen LogP contribution in [0.15, 0.2) is 12.1 Å². The molecule has 3 heteroatoms. The number of amides is 1. The first-order chi connectivity index (χ1) is 8.56. The van der Waals surface area contributed by atoms with Gasteiger partial charge in [-0.2, -0.15) is 0 Å². The van der Waals surface area contributed by atoms with E-state index in [4.69, 9.17) is 0 Å². The summed E-state index contributed by atoms with van der Waals surface area (Å²) in [5.41, 5.74) is 4.49. The molecule has 2 rings (SSSR count). The molecular weight excluding hydrogens is 224 g/mol. The van der Waals surface area contributed by atoms with E-state index in [2.05, 4.69) is 29.7 Å². The molecule has 1 saturated heterocycles. The van der Waals surface area contributed by atoms with Crippen molar-refractivity contribution in [1.29, 1.82) is 0 Å². The third-order valence-corrected chi connectivity index (χ3v) is 3.54. The van der Waals surface area contributed by atoms with Gasteiger partial charge in [0.25, 0.3) is 0 Å². The first kappa shape index (κ1) is 13.1. The molecule has 0 radical (unpaired) electrons. The quantitative estimate of drug-likeness (QED) is 0.861. The Balaban J connectivity index is 2.02. The third-order valence-electron chi connectivity index (χ3n) is 3.54. The van der Waals surface area contributed by atoms with Crippen molar-refractivity contribution in [3.63, 3.8) is 0 Å². The Morgan fingerprint density at radius 3 is 2.56 bits per heavy atom. The van der Waals surface area contributed by atoms with Gasteiger partial charge in [-0.25, -0.2) is 0 Å². The molecule has 1 amide bonds. The lowest BCUT2D eigenvalue weighted by Gasteiger charge is -2.15. The number of carbonyl (C=O) groups is 1. The van der Waals surface area contributed by atoms with Crippen molar-refractivity contribution in [2.45, 2.75) is 46.1 Å². The molecule has 0 saturated carbocycles. The van der Waals surface area contributed by atoms with Gasteiger partial charge in [-0.05, 0) is 51.3 Å². The second kappa shape index (κ2) is 5.53. The second-order valence-corrected chi connectivity index (χ2v) is 5.32. The Morgan fingerprint density at radius 1 is 1.33 bits per heavy atom. The highest BCUT2D eigenvalue weighted by Crippen LogP contribution is 2.22. The highest BCUT2D eigenvalue weighted by Gasteiger charge is 2.18. The van der Waals surface area contributed by atoms with Gasteiger partial charge in [0.05, 0.1) is 0 Å². The monoisotopic (exact) mass is 246 g/mol. The van der Waals surface area contributed by atoms with Crippen LogP contribution in [0.4, 0.5) is 5.69 Å². The lowest BCUT2D eigenvalue weighted by molar-refractivity contribution is -0.116. The minimum absolute atomic E-state index is 0.115. The maximum atomic E-state index is 12.0. The Morgan fingerprint density at radius 2 is 2.00 bits per heavy atom. The number of carbonyl (C=O) groups excluding carboxylic acids is 1. The van der Waals surface area contributed by atoms with Gasteiger partial charge >= 0.3 is 0 Å². The molecule has 3 nitrogen and oxygen atoms in total. The second-order valence-electron chi connectivity index (χ2n) is 5.32. The highest BCUT2D eigenvalue weighted by atomic mass is 16.1. The highest BCUT2D eigenvalue weighted by molar-refractivity contribution is 5.92. The van der Waals surface area contributed by atoms with Crippen molar-refractivity contribution in [1.82, 2.24) is 5.32 Å². The van der Waals surface area contributed by atoms with E-state index in [0.29, 0.717) is 12.5 Å². The van der Waals surface area contributed by atoms with Gasteiger partial charge in [0.2, 0.25) is 5.91 Å². The maximum Gasteiger partial charge on any atom is 0.225 e. The molecule has 0 aliphatic carbocycles. The van der Waals surface area contributed by atoms with E-state index in [1.54, 1.807) is 0 Å². The van der Waals surface area contributed by atoms with Crippen molar-refractivity contribution in [3.8, 4) is 0 Å². The van der Waals surface area contributed by atoms with Crippen molar-refractivity contribution >= 4 is 11.6 Å². The molecule has 1 unspecified atom stereocenters. The summed E-state index contributed by atoms with van der Waals surface area (Å²) in [5.74, 6) is 0.115. The average Bonchev–Trinajstić information content (AvgIpc) is 2.76. The number of hydrogen-bond donors (Lipinski definition) is 2. The van der Waals surface area contributed by atoms with Crippen LogP contribution in [0, 0.1) is 20.8 Å². The van der Waals surface area contributed by atoms with Gasteiger partial charge in [0.15, 0.2) is 0 Å². The van der Waals surface area contributed by atoms with Crippen LogP contribution in [0.2, 0.25) is 0 Å². The number of aryl methyl sites for hydroxylation is 3. The molecule has 1 atom stereocenters. The smallest absolute Gasteiger partial charge is 0.225 e. The van der Waals surface area contributed by atoms with E-state index in [-0.39, 0.29) is 5.91 Å². The van der Waals surface area contributed by atoms with E-state index >= 15 is 0 Å². The van der Waals surface area contributed by atoms with Crippen LogP contribution >= 0.6 is 0 Å².